The van der Waals surface area contributed by atoms with E-state index < -0.39 is 5.91 Å². The second kappa shape index (κ2) is 10.8. The zero-order valence-corrected chi connectivity index (χ0v) is 17.9. The van der Waals surface area contributed by atoms with Gasteiger partial charge in [-0.1, -0.05) is 18.6 Å². The van der Waals surface area contributed by atoms with Crippen molar-refractivity contribution in [2.75, 3.05) is 33.3 Å². The van der Waals surface area contributed by atoms with Gasteiger partial charge in [0, 0.05) is 18.3 Å². The Morgan fingerprint density at radius 2 is 1.90 bits per heavy atom. The molecule has 6 nitrogen and oxygen atoms in total. The van der Waals surface area contributed by atoms with Crippen molar-refractivity contribution in [2.45, 2.75) is 32.8 Å². The average Bonchev–Trinajstić information content (AvgIpc) is 2.76. The molecule has 0 aliphatic carbocycles. The topological polar surface area (TPSA) is 77.2 Å². The number of benzene rings is 2. The number of likely N-dealkylation sites (tertiary alicyclic amines) is 1. The van der Waals surface area contributed by atoms with Crippen LogP contribution in [0.15, 0.2) is 41.4 Å². The van der Waals surface area contributed by atoms with Crippen molar-refractivity contribution < 1.29 is 14.3 Å². The molecule has 1 amide bonds. The smallest absolute Gasteiger partial charge is 0.248 e. The van der Waals surface area contributed by atoms with E-state index in [2.05, 4.69) is 16.0 Å². The van der Waals surface area contributed by atoms with Crippen LogP contribution < -0.4 is 15.2 Å². The first-order valence-corrected chi connectivity index (χ1v) is 10.5. The third-order valence-corrected chi connectivity index (χ3v) is 5.34. The summed E-state index contributed by atoms with van der Waals surface area (Å²) in [4.78, 5) is 18.3. The Morgan fingerprint density at radius 1 is 1.17 bits per heavy atom. The lowest BCUT2D eigenvalue weighted by Gasteiger charge is -2.25. The average molecular weight is 410 g/mol. The predicted molar refractivity (Wildman–Crippen MR) is 120 cm³/mol. The van der Waals surface area contributed by atoms with Crippen LogP contribution in [0.5, 0.6) is 11.5 Å². The number of ether oxygens (including phenoxy) is 2. The summed E-state index contributed by atoms with van der Waals surface area (Å²) in [6.45, 7) is 6.58. The maximum Gasteiger partial charge on any atom is 0.248 e. The molecular weight excluding hydrogens is 378 g/mol. The predicted octanol–water partition coefficient (Wildman–Crippen LogP) is 3.59. The summed E-state index contributed by atoms with van der Waals surface area (Å²) in [5, 5.41) is 0. The molecule has 0 unspecified atom stereocenters. The minimum absolute atomic E-state index is 0.375. The Bertz CT molecular complexity index is 872. The first kappa shape index (κ1) is 21.8. The molecule has 3 rings (SSSR count). The van der Waals surface area contributed by atoms with Crippen LogP contribution in [0.4, 0.5) is 0 Å². The highest BCUT2D eigenvalue weighted by Crippen LogP contribution is 2.32. The first-order valence-electron chi connectivity index (χ1n) is 10.5. The van der Waals surface area contributed by atoms with Gasteiger partial charge in [0.2, 0.25) is 5.91 Å². The highest BCUT2D eigenvalue weighted by Gasteiger charge is 2.11. The third-order valence-electron chi connectivity index (χ3n) is 5.34. The van der Waals surface area contributed by atoms with Crippen LogP contribution in [0.3, 0.4) is 0 Å². The van der Waals surface area contributed by atoms with Crippen LogP contribution in [-0.4, -0.2) is 50.3 Å². The number of amides is 1. The van der Waals surface area contributed by atoms with E-state index >= 15 is 0 Å². The molecule has 1 fully saturated rings. The van der Waals surface area contributed by atoms with Gasteiger partial charge in [-0.2, -0.15) is 0 Å². The van der Waals surface area contributed by atoms with E-state index in [1.54, 1.807) is 19.2 Å². The fraction of sp³-hybridized carbons (Fsp3) is 0.417. The quantitative estimate of drug-likeness (QED) is 0.642. The fourth-order valence-corrected chi connectivity index (χ4v) is 3.65. The number of primary amides is 1. The Hall–Kier alpha value is -2.86. The molecule has 6 heteroatoms. The van der Waals surface area contributed by atoms with Gasteiger partial charge in [-0.05, 0) is 73.8 Å². The summed E-state index contributed by atoms with van der Waals surface area (Å²) in [5.41, 5.74) is 8.70. The maximum atomic E-state index is 11.2. The van der Waals surface area contributed by atoms with Gasteiger partial charge >= 0.3 is 0 Å². The number of piperidine rings is 1. The summed E-state index contributed by atoms with van der Waals surface area (Å²) < 4.78 is 11.6. The highest BCUT2D eigenvalue weighted by atomic mass is 16.5. The van der Waals surface area contributed by atoms with Crippen LogP contribution in [-0.2, 0) is 6.61 Å². The largest absolute Gasteiger partial charge is 0.493 e. The van der Waals surface area contributed by atoms with E-state index in [0.717, 1.165) is 29.8 Å². The van der Waals surface area contributed by atoms with Gasteiger partial charge in [0.1, 0.15) is 6.61 Å². The lowest BCUT2D eigenvalue weighted by Crippen LogP contribution is -2.31. The lowest BCUT2D eigenvalue weighted by molar-refractivity contribution is 0.1000. The molecule has 0 radical (unpaired) electrons. The zero-order valence-electron chi connectivity index (χ0n) is 17.9. The molecule has 0 saturated carbocycles. The monoisotopic (exact) mass is 409 g/mol. The van der Waals surface area contributed by atoms with E-state index in [0.29, 0.717) is 23.7 Å². The summed E-state index contributed by atoms with van der Waals surface area (Å²) in [7, 11) is 1.64. The number of methoxy groups -OCH3 is 1. The first-order chi connectivity index (χ1) is 14.6. The molecule has 2 aromatic rings. The van der Waals surface area contributed by atoms with Crippen LogP contribution in [0.25, 0.3) is 0 Å². The number of rotatable bonds is 9. The number of aryl methyl sites for hydroxylation is 1. The third kappa shape index (κ3) is 6.07. The van der Waals surface area contributed by atoms with Crippen molar-refractivity contribution in [1.29, 1.82) is 0 Å². The van der Waals surface area contributed by atoms with E-state index in [9.17, 15) is 4.79 Å². The van der Waals surface area contributed by atoms with Gasteiger partial charge in [0.15, 0.2) is 11.5 Å². The second-order valence-electron chi connectivity index (χ2n) is 7.66. The molecule has 0 aromatic heterocycles. The number of nitrogens with two attached hydrogens (primary N) is 1. The summed E-state index contributed by atoms with van der Waals surface area (Å²) >= 11 is 0. The van der Waals surface area contributed by atoms with E-state index in [4.69, 9.17) is 15.2 Å². The van der Waals surface area contributed by atoms with E-state index in [1.165, 1.54) is 32.4 Å². The number of carbonyl (C=O) groups excluding carboxylic acids is 1. The Kier molecular flexibility index (Phi) is 7.85. The maximum absolute atomic E-state index is 11.2. The molecule has 1 aliphatic rings. The minimum Gasteiger partial charge on any atom is -0.493 e. The minimum atomic E-state index is -0.437. The SMILES string of the molecule is COc1cc(/C=N/CCN2CCCCC2)cc(C)c1OCc1ccc(C(N)=O)cc1. The van der Waals surface area contributed by atoms with Crippen LogP contribution in [0, 0.1) is 6.92 Å². The summed E-state index contributed by atoms with van der Waals surface area (Å²) in [5.74, 6) is 0.955. The van der Waals surface area contributed by atoms with Crippen molar-refractivity contribution in [1.82, 2.24) is 4.90 Å². The second-order valence-corrected chi connectivity index (χ2v) is 7.66. The molecule has 1 aliphatic heterocycles. The number of aliphatic imine (C=N–C) groups is 1. The van der Waals surface area contributed by atoms with Gasteiger partial charge < -0.3 is 20.1 Å². The number of carbonyl (C=O) groups is 1. The standard InChI is InChI=1S/C24H31N3O3/c1-18-14-20(16-26-10-13-27-11-4-3-5-12-27)15-22(29-2)23(18)30-17-19-6-8-21(9-7-19)24(25)28/h6-9,14-16H,3-5,10-13,17H2,1-2H3,(H2,25,28)/b26-16+. The van der Waals surface area contributed by atoms with Gasteiger partial charge in [-0.15, -0.1) is 0 Å². The normalized spacial score (nSPS) is 14.7. The molecule has 0 bridgehead atoms. The van der Waals surface area contributed by atoms with Gasteiger partial charge in [-0.25, -0.2) is 0 Å². The molecule has 2 aromatic carbocycles. The molecular formula is C24H31N3O3. The molecule has 2 N–H and O–H groups in total. The molecule has 0 spiro atoms. The van der Waals surface area contributed by atoms with Crippen LogP contribution >= 0.6 is 0 Å². The Labute approximate surface area is 178 Å². The summed E-state index contributed by atoms with van der Waals surface area (Å²) in [6, 6.07) is 11.1. The van der Waals surface area contributed by atoms with Crippen molar-refractivity contribution >= 4 is 12.1 Å². The zero-order chi connectivity index (χ0) is 21.3. The Morgan fingerprint density at radius 3 is 2.57 bits per heavy atom. The fourth-order valence-electron chi connectivity index (χ4n) is 3.65. The Balaban J connectivity index is 1.60. The van der Waals surface area contributed by atoms with E-state index in [1.807, 2.05) is 31.3 Å². The number of hydrogen-bond donors (Lipinski definition) is 1. The van der Waals surface area contributed by atoms with Gasteiger partial charge in [0.25, 0.3) is 0 Å². The van der Waals surface area contributed by atoms with Crippen LogP contribution in [0.2, 0.25) is 0 Å². The summed E-state index contributed by atoms with van der Waals surface area (Å²) in [6.07, 6.45) is 5.87. The van der Waals surface area contributed by atoms with Gasteiger partial charge in [0.05, 0.1) is 13.7 Å². The van der Waals surface area contributed by atoms with Gasteiger partial charge in [-0.3, -0.25) is 9.79 Å². The molecule has 1 heterocycles. The van der Waals surface area contributed by atoms with Crippen molar-refractivity contribution in [2.24, 2.45) is 10.7 Å². The van der Waals surface area contributed by atoms with Crippen molar-refractivity contribution in [3.63, 3.8) is 0 Å². The van der Waals surface area contributed by atoms with E-state index in [-0.39, 0.29) is 0 Å². The lowest BCUT2D eigenvalue weighted by atomic mass is 10.1. The number of hydrogen-bond acceptors (Lipinski definition) is 5. The number of nitrogens with zero attached hydrogens (tertiary/aromatic N) is 2. The highest BCUT2D eigenvalue weighted by molar-refractivity contribution is 5.92. The molecule has 0 atom stereocenters. The molecule has 160 valence electrons. The van der Waals surface area contributed by atoms with Crippen LogP contribution in [0.1, 0.15) is 46.3 Å². The molecule has 30 heavy (non-hydrogen) atoms. The van der Waals surface area contributed by atoms with Crippen molar-refractivity contribution in [3.05, 3.63) is 58.7 Å². The van der Waals surface area contributed by atoms with Crippen molar-refractivity contribution in [3.8, 4) is 11.5 Å². The molecule has 1 saturated heterocycles.